The van der Waals surface area contributed by atoms with E-state index in [4.69, 9.17) is 0 Å². The Morgan fingerprint density at radius 3 is 1.19 bits per heavy atom. The lowest BCUT2D eigenvalue weighted by Gasteiger charge is -2.51. The Labute approximate surface area is 233 Å². The third-order valence-corrected chi connectivity index (χ3v) is 8.74. The van der Waals surface area contributed by atoms with Crippen LogP contribution in [0.15, 0.2) is 12.7 Å². The van der Waals surface area contributed by atoms with Gasteiger partial charge in [0.05, 0.1) is 21.1 Å². The molecule has 0 aromatic heterocycles. The van der Waals surface area contributed by atoms with E-state index in [2.05, 4.69) is 20.4 Å². The fourth-order valence-corrected chi connectivity index (χ4v) is 6.29. The summed E-state index contributed by atoms with van der Waals surface area (Å²) in [4.78, 5) is 12.7. The molecule has 0 N–H and O–H groups in total. The zero-order valence-electron chi connectivity index (χ0n) is 26.1. The molecule has 0 aromatic carbocycles. The fraction of sp³-hybridized carbons (Fsp3) is 0.912. The number of likely N-dealkylation sites (N-methyl/N-ethyl adjacent to an activating group) is 1. The van der Waals surface area contributed by atoms with Gasteiger partial charge in [-0.1, -0.05) is 155 Å². The van der Waals surface area contributed by atoms with E-state index >= 15 is 0 Å². The Balaban J connectivity index is 4.66. The van der Waals surface area contributed by atoms with Crippen LogP contribution in [0.5, 0.6) is 0 Å². The highest BCUT2D eigenvalue weighted by Gasteiger charge is 2.49. The number of hydrogen-bond donors (Lipinski definition) is 0. The van der Waals surface area contributed by atoms with Gasteiger partial charge in [0.1, 0.15) is 11.5 Å². The number of unbranched alkanes of at least 4 members (excludes halogenated alkanes) is 19. The highest BCUT2D eigenvalue weighted by atomic mass is 16.4. The predicted octanol–water partition coefficient (Wildman–Crippen LogP) is 9.39. The number of hydrogen-bond acceptors (Lipinski definition) is 2. The van der Waals surface area contributed by atoms with E-state index in [9.17, 15) is 9.90 Å². The van der Waals surface area contributed by atoms with E-state index in [0.717, 1.165) is 25.7 Å². The molecule has 0 aliphatic heterocycles. The van der Waals surface area contributed by atoms with Crippen LogP contribution in [-0.4, -0.2) is 37.1 Å². The second-order valence-electron chi connectivity index (χ2n) is 12.7. The molecule has 3 heteroatoms. The van der Waals surface area contributed by atoms with Gasteiger partial charge in [0.25, 0.3) is 0 Å². The van der Waals surface area contributed by atoms with Gasteiger partial charge in [0.2, 0.25) is 0 Å². The number of carboxylic acids is 1. The summed E-state index contributed by atoms with van der Waals surface area (Å²) in [7, 11) is 6.10. The van der Waals surface area contributed by atoms with Crippen molar-refractivity contribution in [3.8, 4) is 0 Å². The largest absolute Gasteiger partial charge is 0.544 e. The van der Waals surface area contributed by atoms with Crippen LogP contribution in [0.2, 0.25) is 0 Å². The molecule has 0 aliphatic carbocycles. The average molecular weight is 522 g/mol. The molecule has 0 rings (SSSR count). The highest BCUT2D eigenvalue weighted by Crippen LogP contribution is 2.38. The molecular formula is C34H67NO2. The molecule has 0 aromatic rings. The van der Waals surface area contributed by atoms with Crippen LogP contribution in [0.25, 0.3) is 0 Å². The molecular weight excluding hydrogens is 454 g/mol. The van der Waals surface area contributed by atoms with Crippen molar-refractivity contribution in [2.75, 3.05) is 21.1 Å². The van der Waals surface area contributed by atoms with Crippen LogP contribution in [-0.2, 0) is 4.79 Å². The normalized spacial score (nSPS) is 14.4. The van der Waals surface area contributed by atoms with Crippen molar-refractivity contribution < 1.29 is 14.4 Å². The van der Waals surface area contributed by atoms with Gasteiger partial charge in [0, 0.05) is 12.3 Å². The number of carboxylic acid groups (broad SMARTS) is 1. The monoisotopic (exact) mass is 522 g/mol. The van der Waals surface area contributed by atoms with Gasteiger partial charge in [0.15, 0.2) is 0 Å². The predicted molar refractivity (Wildman–Crippen MR) is 162 cm³/mol. The first-order valence-electron chi connectivity index (χ1n) is 16.4. The molecule has 0 bridgehead atoms. The molecule has 0 saturated heterocycles. The third kappa shape index (κ3) is 16.0. The van der Waals surface area contributed by atoms with Gasteiger partial charge in [-0.05, 0) is 12.8 Å². The van der Waals surface area contributed by atoms with E-state index in [0.29, 0.717) is 10.9 Å². The van der Waals surface area contributed by atoms with Gasteiger partial charge in [-0.25, -0.2) is 0 Å². The van der Waals surface area contributed by atoms with Crippen molar-refractivity contribution in [1.29, 1.82) is 0 Å². The molecule has 2 unspecified atom stereocenters. The van der Waals surface area contributed by atoms with Gasteiger partial charge >= 0.3 is 0 Å². The van der Waals surface area contributed by atoms with Crippen LogP contribution in [0, 0.1) is 5.92 Å². The number of rotatable bonds is 28. The summed E-state index contributed by atoms with van der Waals surface area (Å²) in [5.41, 5.74) is -0.889. The Morgan fingerprint density at radius 2 is 0.946 bits per heavy atom. The summed E-state index contributed by atoms with van der Waals surface area (Å²) >= 11 is 0. The quantitative estimate of drug-likeness (QED) is 0.0584. The lowest BCUT2D eigenvalue weighted by atomic mass is 9.73. The van der Waals surface area contributed by atoms with E-state index < -0.39 is 11.5 Å². The summed E-state index contributed by atoms with van der Waals surface area (Å²) in [5, 5.41) is 12.7. The van der Waals surface area contributed by atoms with Crippen LogP contribution in [0.1, 0.15) is 168 Å². The molecule has 220 valence electrons. The highest BCUT2D eigenvalue weighted by molar-refractivity contribution is 5.76. The van der Waals surface area contributed by atoms with Crippen LogP contribution >= 0.6 is 0 Å². The zero-order valence-corrected chi connectivity index (χ0v) is 26.1. The Morgan fingerprint density at radius 1 is 0.649 bits per heavy atom. The maximum absolute atomic E-state index is 12.7. The lowest BCUT2D eigenvalue weighted by molar-refractivity contribution is -0.920. The molecule has 0 saturated carbocycles. The second-order valence-corrected chi connectivity index (χ2v) is 12.7. The Hall–Kier alpha value is -0.830. The minimum atomic E-state index is -0.889. The van der Waals surface area contributed by atoms with Crippen LogP contribution in [0.3, 0.4) is 0 Å². The maximum atomic E-state index is 12.7. The molecule has 0 aliphatic rings. The van der Waals surface area contributed by atoms with Crippen LogP contribution in [0.4, 0.5) is 0 Å². The molecule has 0 spiro atoms. The third-order valence-electron chi connectivity index (χ3n) is 8.74. The van der Waals surface area contributed by atoms with Gasteiger partial charge < -0.3 is 14.4 Å². The van der Waals surface area contributed by atoms with E-state index in [-0.39, 0.29) is 5.92 Å². The van der Waals surface area contributed by atoms with Gasteiger partial charge in [-0.15, -0.1) is 6.58 Å². The Kier molecular flexibility index (Phi) is 22.6. The van der Waals surface area contributed by atoms with Gasteiger partial charge in [-0.2, -0.15) is 0 Å². The Bertz CT molecular complexity index is 538. The fourth-order valence-electron chi connectivity index (χ4n) is 6.29. The number of nitrogens with zero attached hydrogens (tertiary/aromatic N) is 1. The minimum Gasteiger partial charge on any atom is -0.544 e. The first-order chi connectivity index (χ1) is 17.8. The average Bonchev–Trinajstić information content (AvgIpc) is 2.84. The van der Waals surface area contributed by atoms with Crippen LogP contribution < -0.4 is 5.11 Å². The van der Waals surface area contributed by atoms with Crippen molar-refractivity contribution in [1.82, 2.24) is 0 Å². The van der Waals surface area contributed by atoms with Crippen molar-refractivity contribution in [3.63, 3.8) is 0 Å². The topological polar surface area (TPSA) is 40.1 Å². The number of carbonyl (C=O) groups excluding carboxylic acids is 1. The van der Waals surface area contributed by atoms with E-state index in [1.165, 1.54) is 122 Å². The summed E-state index contributed by atoms with van der Waals surface area (Å²) in [6, 6.07) is 0. The van der Waals surface area contributed by atoms with E-state index in [1.54, 1.807) is 0 Å². The van der Waals surface area contributed by atoms with Gasteiger partial charge in [-0.3, -0.25) is 0 Å². The minimum absolute atomic E-state index is 0.142. The van der Waals surface area contributed by atoms with Crippen molar-refractivity contribution in [2.24, 2.45) is 5.92 Å². The molecule has 0 heterocycles. The first kappa shape index (κ1) is 36.2. The maximum Gasteiger partial charge on any atom is 0.145 e. The lowest BCUT2D eigenvalue weighted by Crippen LogP contribution is -2.69. The number of aliphatic carboxylic acids is 1. The van der Waals surface area contributed by atoms with Crippen molar-refractivity contribution >= 4 is 5.97 Å². The second kappa shape index (κ2) is 23.1. The first-order valence-corrected chi connectivity index (χ1v) is 16.4. The summed E-state index contributed by atoms with van der Waals surface area (Å²) in [6.45, 7) is 8.49. The molecule has 37 heavy (non-hydrogen) atoms. The number of carbonyl (C=O) groups is 1. The molecule has 0 radical (unpaired) electrons. The summed E-state index contributed by atoms with van der Waals surface area (Å²) in [6.07, 6.45) is 32.0. The number of quaternary nitrogens is 1. The van der Waals surface area contributed by atoms with Crippen molar-refractivity contribution in [3.05, 3.63) is 12.7 Å². The molecule has 2 atom stereocenters. The zero-order chi connectivity index (χ0) is 27.8. The SMILES string of the molecule is C=CCC(C(=O)[O-])(C(CCCCCCCCCCCC)CCCCCCCCCCCCC)[N+](C)(C)C. The standard InChI is InChI=1S/C34H67NO2/c1-7-10-12-14-16-18-20-22-24-26-28-30-32(34(31-9-3,33(36)37)35(4,5)6)29-27-25-23-21-19-17-15-13-11-8-2/h9,32H,3,7-8,10-31H2,1-2,4-6H3. The molecule has 0 fully saturated rings. The molecule has 0 amide bonds. The molecule has 3 nitrogen and oxygen atoms in total. The summed E-state index contributed by atoms with van der Waals surface area (Å²) in [5.74, 6) is -0.747. The smallest absolute Gasteiger partial charge is 0.145 e. The van der Waals surface area contributed by atoms with Crippen molar-refractivity contribution in [2.45, 2.75) is 173 Å². The summed E-state index contributed by atoms with van der Waals surface area (Å²) < 4.78 is 0.405. The van der Waals surface area contributed by atoms with E-state index in [1.807, 2.05) is 27.2 Å².